The smallest absolute Gasteiger partial charge is 0.268 e. The predicted octanol–water partition coefficient (Wildman–Crippen LogP) is 7.33. The van der Waals surface area contributed by atoms with Gasteiger partial charge in [-0.15, -0.1) is 11.3 Å². The van der Waals surface area contributed by atoms with Crippen LogP contribution in [-0.4, -0.2) is 46.3 Å². The fraction of sp³-hybridized carbons (Fsp3) is 0.355. The first kappa shape index (κ1) is 31.0. The van der Waals surface area contributed by atoms with E-state index in [9.17, 15) is 9.59 Å². The number of amides is 2. The van der Waals surface area contributed by atoms with Crippen LogP contribution in [-0.2, 0) is 15.8 Å². The zero-order valence-electron chi connectivity index (χ0n) is 25.4. The van der Waals surface area contributed by atoms with Crippen molar-refractivity contribution in [2.75, 3.05) is 10.9 Å². The Morgan fingerprint density at radius 2 is 1.93 bits per heavy atom. The fourth-order valence-corrected chi connectivity index (χ4v) is 7.58. The second-order valence-electron chi connectivity index (χ2n) is 12.2. The molecule has 0 bridgehead atoms. The number of nitrogens with zero attached hydrogens (tertiary/aromatic N) is 4. The lowest BCUT2D eigenvalue weighted by Gasteiger charge is -2.37. The third-order valence-electron chi connectivity index (χ3n) is 8.13. The summed E-state index contributed by atoms with van der Waals surface area (Å²) in [6, 6.07) is 16.1. The maximum Gasteiger partial charge on any atom is 0.268 e. The summed E-state index contributed by atoms with van der Waals surface area (Å²) in [4.78, 5) is 36.9. The van der Waals surface area contributed by atoms with Crippen LogP contribution in [0.4, 0.5) is 5.69 Å². The van der Waals surface area contributed by atoms with E-state index in [0.29, 0.717) is 19.0 Å². The minimum Gasteiger partial charge on any atom is -0.416 e. The number of aryl methyl sites for hydroxylation is 1. The van der Waals surface area contributed by atoms with E-state index in [2.05, 4.69) is 66.7 Å². The highest BCUT2D eigenvalue weighted by molar-refractivity contribution is 8.03. The molecular formula is C31H38N6O3S2Si. The Balaban J connectivity index is 1.38. The number of anilines is 1. The number of imidazole rings is 1. The maximum absolute atomic E-state index is 12.8. The first-order valence-electron chi connectivity index (χ1n) is 14.2. The molecule has 0 saturated carbocycles. The number of H-pyrrole nitrogens is 1. The summed E-state index contributed by atoms with van der Waals surface area (Å²) in [5, 5.41) is 1.15. The first-order valence-corrected chi connectivity index (χ1v) is 18.7. The number of nitrogens with two attached hydrogens (primary N) is 1. The molecule has 43 heavy (non-hydrogen) atoms. The van der Waals surface area contributed by atoms with Crippen molar-refractivity contribution in [3.8, 4) is 0 Å². The van der Waals surface area contributed by atoms with E-state index in [1.165, 1.54) is 11.9 Å². The third-order valence-corrected chi connectivity index (χ3v) is 14.8. The van der Waals surface area contributed by atoms with E-state index in [0.717, 1.165) is 37.6 Å². The number of fused-ring (bicyclic) bond motifs is 2. The number of thiazole rings is 1. The number of hydrogen-bond acceptors (Lipinski definition) is 7. The minimum absolute atomic E-state index is 0.0637. The first-order chi connectivity index (χ1) is 20.3. The lowest BCUT2D eigenvalue weighted by Crippen LogP contribution is -2.41. The zero-order valence-corrected chi connectivity index (χ0v) is 28.0. The van der Waals surface area contributed by atoms with Gasteiger partial charge in [-0.3, -0.25) is 9.59 Å². The van der Waals surface area contributed by atoms with Crippen molar-refractivity contribution in [3.63, 3.8) is 0 Å². The SMILES string of the molecule is CC(=O)N(Sc1nc2ccccc2s1)c1ccc2ccn(CC[C@@H](CO[Si](C)(C)C(C)(C)C)c3nc(C(N)=O)c[nH]3)c2c1. The molecule has 0 aliphatic rings. The van der Waals surface area contributed by atoms with Gasteiger partial charge in [0.15, 0.2) is 12.7 Å². The highest BCUT2D eigenvalue weighted by atomic mass is 32.2. The molecule has 9 nitrogen and oxygen atoms in total. The van der Waals surface area contributed by atoms with Gasteiger partial charge in [0.1, 0.15) is 11.5 Å². The Morgan fingerprint density at radius 3 is 2.60 bits per heavy atom. The van der Waals surface area contributed by atoms with Gasteiger partial charge in [0.25, 0.3) is 5.91 Å². The predicted molar refractivity (Wildman–Crippen MR) is 178 cm³/mol. The van der Waals surface area contributed by atoms with Crippen molar-refractivity contribution in [2.24, 2.45) is 5.73 Å². The van der Waals surface area contributed by atoms with E-state index in [4.69, 9.17) is 15.1 Å². The van der Waals surface area contributed by atoms with Crippen LogP contribution in [0, 0.1) is 0 Å². The van der Waals surface area contributed by atoms with Gasteiger partial charge in [0.05, 0.1) is 21.4 Å². The molecule has 0 spiro atoms. The van der Waals surface area contributed by atoms with Crippen molar-refractivity contribution < 1.29 is 14.0 Å². The van der Waals surface area contributed by atoms with Crippen LogP contribution in [0.3, 0.4) is 0 Å². The van der Waals surface area contributed by atoms with E-state index in [-0.39, 0.29) is 22.6 Å². The molecule has 226 valence electrons. The Bertz CT molecular complexity index is 1740. The van der Waals surface area contributed by atoms with Gasteiger partial charge in [-0.1, -0.05) is 39.0 Å². The number of nitrogens with one attached hydrogen (secondary N) is 1. The van der Waals surface area contributed by atoms with Crippen LogP contribution >= 0.6 is 23.3 Å². The van der Waals surface area contributed by atoms with Gasteiger partial charge >= 0.3 is 0 Å². The second-order valence-corrected chi connectivity index (χ2v) is 19.2. The van der Waals surface area contributed by atoms with Crippen LogP contribution in [0.2, 0.25) is 18.1 Å². The average molecular weight is 635 g/mol. The standard InChI is InChI=1S/C31H38N6O3S2Si/c1-20(38)37(42-30-35-24-9-7-8-10-27(24)41-30)23-12-11-21-13-15-36(26(21)17-23)16-14-22(19-40-43(5,6)31(2,3)4)29-33-18-25(34-29)28(32)39/h7-13,15,17-18,22H,14,16,19H2,1-6H3,(H2,32,39)(H,33,34)/t22-/m0/s1. The highest BCUT2D eigenvalue weighted by Crippen LogP contribution is 2.38. The highest BCUT2D eigenvalue weighted by Gasteiger charge is 2.38. The van der Waals surface area contributed by atoms with Crippen molar-refractivity contribution in [1.82, 2.24) is 19.5 Å². The van der Waals surface area contributed by atoms with Gasteiger partial charge in [0.2, 0.25) is 5.91 Å². The van der Waals surface area contributed by atoms with Gasteiger partial charge in [-0.2, -0.15) is 0 Å². The molecule has 5 rings (SSSR count). The Hall–Kier alpha value is -3.45. The van der Waals surface area contributed by atoms with Gasteiger partial charge in [-0.25, -0.2) is 14.3 Å². The monoisotopic (exact) mass is 634 g/mol. The second kappa shape index (κ2) is 12.3. The Labute approximate surface area is 261 Å². The van der Waals surface area contributed by atoms with Crippen LogP contribution in [0.1, 0.15) is 56.3 Å². The molecule has 0 fully saturated rings. The number of aromatic nitrogens is 4. The summed E-state index contributed by atoms with van der Waals surface area (Å²) in [5.41, 5.74) is 8.45. The number of carbonyl (C=O) groups excluding carboxylic acids is 2. The normalized spacial score (nSPS) is 13.1. The van der Waals surface area contributed by atoms with Crippen molar-refractivity contribution in [1.29, 1.82) is 0 Å². The molecule has 1 atom stereocenters. The van der Waals surface area contributed by atoms with Crippen LogP contribution in [0.25, 0.3) is 21.1 Å². The number of hydrogen-bond donors (Lipinski definition) is 2. The number of rotatable bonds is 11. The molecule has 0 radical (unpaired) electrons. The molecular weight excluding hydrogens is 597 g/mol. The number of primary amides is 1. The molecule has 0 unspecified atom stereocenters. The van der Waals surface area contributed by atoms with Gasteiger partial charge in [-0.05, 0) is 60.3 Å². The topological polar surface area (TPSA) is 119 Å². The van der Waals surface area contributed by atoms with E-state index in [1.807, 2.05) is 36.4 Å². The summed E-state index contributed by atoms with van der Waals surface area (Å²) in [5.74, 6) is -0.00677. The number of aromatic amines is 1. The Morgan fingerprint density at radius 1 is 1.16 bits per heavy atom. The largest absolute Gasteiger partial charge is 0.416 e. The molecule has 3 heterocycles. The lowest BCUT2D eigenvalue weighted by molar-refractivity contribution is -0.115. The van der Waals surface area contributed by atoms with E-state index < -0.39 is 14.2 Å². The molecule has 0 aliphatic carbocycles. The molecule has 0 saturated heterocycles. The number of para-hydroxylation sites is 1. The van der Waals surface area contributed by atoms with Crippen LogP contribution < -0.4 is 10.0 Å². The molecule has 0 aliphatic heterocycles. The zero-order chi connectivity index (χ0) is 30.9. The summed E-state index contributed by atoms with van der Waals surface area (Å²) in [6.07, 6.45) is 4.36. The number of benzene rings is 2. The third kappa shape index (κ3) is 6.87. The molecule has 12 heteroatoms. The average Bonchev–Trinajstić information content (AvgIpc) is 3.69. The summed E-state index contributed by atoms with van der Waals surface area (Å²) in [6.45, 7) is 13.9. The summed E-state index contributed by atoms with van der Waals surface area (Å²) in [7, 11) is -2.01. The fourth-order valence-electron chi connectivity index (χ4n) is 4.55. The summed E-state index contributed by atoms with van der Waals surface area (Å²) >= 11 is 2.92. The van der Waals surface area contributed by atoms with Crippen LogP contribution in [0.15, 0.2) is 65.3 Å². The van der Waals surface area contributed by atoms with Crippen molar-refractivity contribution in [3.05, 3.63) is 72.4 Å². The van der Waals surface area contributed by atoms with Crippen molar-refractivity contribution >= 4 is 70.2 Å². The lowest BCUT2D eigenvalue weighted by atomic mass is 10.1. The quantitative estimate of drug-likeness (QED) is 0.116. The number of carbonyl (C=O) groups is 2. The van der Waals surface area contributed by atoms with E-state index >= 15 is 0 Å². The van der Waals surface area contributed by atoms with Gasteiger partial charge in [0, 0.05) is 50.3 Å². The molecule has 3 N–H and O–H groups in total. The van der Waals surface area contributed by atoms with Crippen molar-refractivity contribution in [2.45, 2.75) is 69.1 Å². The molecule has 2 amide bonds. The molecule has 2 aromatic carbocycles. The Kier molecular flexibility index (Phi) is 8.84. The van der Waals surface area contributed by atoms with Crippen LogP contribution in [0.5, 0.6) is 0 Å². The van der Waals surface area contributed by atoms with Gasteiger partial charge < -0.3 is 19.7 Å². The summed E-state index contributed by atoms with van der Waals surface area (Å²) < 4.78 is 12.4. The minimum atomic E-state index is -2.01. The maximum atomic E-state index is 12.8. The molecule has 3 aromatic heterocycles. The van der Waals surface area contributed by atoms with E-state index in [1.54, 1.807) is 28.8 Å². The molecule has 5 aromatic rings.